The van der Waals surface area contributed by atoms with Crippen LogP contribution in [0.25, 0.3) is 0 Å². The smallest absolute Gasteiger partial charge is 0.339 e. The number of hydrogen-bond acceptors (Lipinski definition) is 3. The summed E-state index contributed by atoms with van der Waals surface area (Å²) in [6.07, 6.45) is -3.36. The minimum atomic E-state index is -4.52. The maximum Gasteiger partial charge on any atom is 0.435 e. The summed E-state index contributed by atoms with van der Waals surface area (Å²) in [7, 11) is 0. The van der Waals surface area contributed by atoms with Gasteiger partial charge in [0, 0.05) is 38.9 Å². The molecule has 0 aliphatic carbocycles. The molecule has 1 amide bonds. The van der Waals surface area contributed by atoms with Crippen molar-refractivity contribution in [2.45, 2.75) is 19.3 Å². The Morgan fingerprint density at radius 1 is 1.12 bits per heavy atom. The normalized spacial score (nSPS) is 16.1. The first-order chi connectivity index (χ1) is 12.3. The number of rotatable bonds is 4. The molecule has 1 saturated heterocycles. The SMILES string of the molecule is O=C(Cn1ccc(C(F)(F)F)n1)N1CCN(Cc2cccc(F)c2)CC1. The first kappa shape index (κ1) is 18.4. The van der Waals surface area contributed by atoms with Crippen molar-refractivity contribution in [3.63, 3.8) is 0 Å². The Kier molecular flexibility index (Phi) is 5.26. The Bertz CT molecular complexity index is 766. The van der Waals surface area contributed by atoms with E-state index in [-0.39, 0.29) is 18.3 Å². The van der Waals surface area contributed by atoms with Crippen molar-refractivity contribution in [2.24, 2.45) is 0 Å². The molecule has 26 heavy (non-hydrogen) atoms. The average molecular weight is 370 g/mol. The molecule has 1 aliphatic rings. The van der Waals surface area contributed by atoms with Gasteiger partial charge in [0.05, 0.1) is 0 Å². The average Bonchev–Trinajstić information content (AvgIpc) is 3.04. The third-order valence-electron chi connectivity index (χ3n) is 4.25. The number of carbonyl (C=O) groups excluding carboxylic acids is 1. The minimum Gasteiger partial charge on any atom is -0.339 e. The third kappa shape index (κ3) is 4.60. The fourth-order valence-electron chi connectivity index (χ4n) is 2.89. The number of carbonyl (C=O) groups is 1. The number of benzene rings is 1. The summed E-state index contributed by atoms with van der Waals surface area (Å²) in [6.45, 7) is 2.56. The molecule has 0 radical (unpaired) electrons. The van der Waals surface area contributed by atoms with Gasteiger partial charge in [-0.3, -0.25) is 14.4 Å². The van der Waals surface area contributed by atoms with Crippen LogP contribution >= 0.6 is 0 Å². The first-order valence-electron chi connectivity index (χ1n) is 8.16. The highest BCUT2D eigenvalue weighted by Crippen LogP contribution is 2.27. The van der Waals surface area contributed by atoms with Crippen LogP contribution in [0.15, 0.2) is 36.5 Å². The largest absolute Gasteiger partial charge is 0.435 e. The number of nitrogens with zero attached hydrogens (tertiary/aromatic N) is 4. The molecule has 0 bridgehead atoms. The van der Waals surface area contributed by atoms with Crippen LogP contribution in [-0.2, 0) is 24.1 Å². The van der Waals surface area contributed by atoms with Crippen molar-refractivity contribution in [1.29, 1.82) is 0 Å². The molecular formula is C17H18F4N4O. The van der Waals surface area contributed by atoms with Crippen molar-refractivity contribution >= 4 is 5.91 Å². The summed E-state index contributed by atoms with van der Waals surface area (Å²) in [4.78, 5) is 16.0. The van der Waals surface area contributed by atoms with Crippen molar-refractivity contribution in [3.8, 4) is 0 Å². The monoisotopic (exact) mass is 370 g/mol. The maximum absolute atomic E-state index is 13.2. The molecule has 0 atom stereocenters. The van der Waals surface area contributed by atoms with Crippen molar-refractivity contribution in [1.82, 2.24) is 19.6 Å². The van der Waals surface area contributed by atoms with Gasteiger partial charge < -0.3 is 4.90 Å². The minimum absolute atomic E-state index is 0.222. The lowest BCUT2D eigenvalue weighted by molar-refractivity contribution is -0.142. The lowest BCUT2D eigenvalue weighted by atomic mass is 10.2. The lowest BCUT2D eigenvalue weighted by Gasteiger charge is -2.34. The number of halogens is 4. The molecular weight excluding hydrogens is 352 g/mol. The second-order valence-electron chi connectivity index (χ2n) is 6.18. The molecule has 0 saturated carbocycles. The fraction of sp³-hybridized carbons (Fsp3) is 0.412. The zero-order valence-corrected chi connectivity index (χ0v) is 13.9. The van der Waals surface area contributed by atoms with Crippen LogP contribution in [0.2, 0.25) is 0 Å². The molecule has 1 aromatic heterocycles. The van der Waals surface area contributed by atoms with Crippen LogP contribution in [0.5, 0.6) is 0 Å². The van der Waals surface area contributed by atoms with Crippen molar-refractivity contribution in [2.75, 3.05) is 26.2 Å². The van der Waals surface area contributed by atoms with Crippen LogP contribution in [0, 0.1) is 5.82 Å². The van der Waals surface area contributed by atoms with Crippen LogP contribution in [0.1, 0.15) is 11.3 Å². The van der Waals surface area contributed by atoms with Gasteiger partial charge in [-0.1, -0.05) is 12.1 Å². The van der Waals surface area contributed by atoms with Gasteiger partial charge in [-0.25, -0.2) is 4.39 Å². The van der Waals surface area contributed by atoms with E-state index in [1.54, 1.807) is 11.0 Å². The van der Waals surface area contributed by atoms with Gasteiger partial charge in [0.2, 0.25) is 5.91 Å². The predicted octanol–water partition coefficient (Wildman–Crippen LogP) is 2.39. The van der Waals surface area contributed by atoms with E-state index in [9.17, 15) is 22.4 Å². The van der Waals surface area contributed by atoms with E-state index in [1.807, 2.05) is 6.07 Å². The standard InChI is InChI=1S/C17H18F4N4O/c18-14-3-1-2-13(10-14)11-23-6-8-24(9-7-23)16(26)12-25-5-4-15(22-25)17(19,20)21/h1-5,10H,6-9,11-12H2. The summed E-state index contributed by atoms with van der Waals surface area (Å²) in [5.41, 5.74) is -0.147. The molecule has 1 aromatic carbocycles. The molecule has 140 valence electrons. The molecule has 1 fully saturated rings. The molecule has 0 unspecified atom stereocenters. The van der Waals surface area contributed by atoms with E-state index in [1.165, 1.54) is 12.1 Å². The summed E-state index contributed by atoms with van der Waals surface area (Å²) < 4.78 is 51.8. The van der Waals surface area contributed by atoms with Crippen LogP contribution in [0.4, 0.5) is 17.6 Å². The van der Waals surface area contributed by atoms with Gasteiger partial charge in [-0.05, 0) is 23.8 Å². The molecule has 3 rings (SSSR count). The van der Waals surface area contributed by atoms with E-state index in [0.717, 1.165) is 22.5 Å². The molecule has 9 heteroatoms. The van der Waals surface area contributed by atoms with Crippen molar-refractivity contribution in [3.05, 3.63) is 53.6 Å². The third-order valence-corrected chi connectivity index (χ3v) is 4.25. The van der Waals surface area contributed by atoms with Crippen LogP contribution in [0.3, 0.4) is 0 Å². The molecule has 5 nitrogen and oxygen atoms in total. The first-order valence-corrected chi connectivity index (χ1v) is 8.16. The van der Waals surface area contributed by atoms with Crippen molar-refractivity contribution < 1.29 is 22.4 Å². The van der Waals surface area contributed by atoms with Gasteiger partial charge in [0.25, 0.3) is 0 Å². The Morgan fingerprint density at radius 2 is 1.85 bits per heavy atom. The number of alkyl halides is 3. The van der Waals surface area contributed by atoms with E-state index < -0.39 is 11.9 Å². The number of amides is 1. The molecule has 2 aromatic rings. The highest BCUT2D eigenvalue weighted by Gasteiger charge is 2.33. The van der Waals surface area contributed by atoms with Crippen LogP contribution in [-0.4, -0.2) is 51.7 Å². The zero-order valence-electron chi connectivity index (χ0n) is 13.9. The quantitative estimate of drug-likeness (QED) is 0.776. The van der Waals surface area contributed by atoms with E-state index in [4.69, 9.17) is 0 Å². The number of piperazine rings is 1. The summed E-state index contributed by atoms with van der Waals surface area (Å²) >= 11 is 0. The van der Waals surface area contributed by atoms with E-state index in [2.05, 4.69) is 10.00 Å². The summed E-state index contributed by atoms with van der Waals surface area (Å²) in [6, 6.07) is 7.22. The Balaban J connectivity index is 1.50. The predicted molar refractivity (Wildman–Crippen MR) is 85.5 cm³/mol. The zero-order chi connectivity index (χ0) is 18.7. The van der Waals surface area contributed by atoms with Crippen LogP contribution < -0.4 is 0 Å². The Hall–Kier alpha value is -2.42. The van der Waals surface area contributed by atoms with E-state index >= 15 is 0 Å². The lowest BCUT2D eigenvalue weighted by Crippen LogP contribution is -2.49. The van der Waals surface area contributed by atoms with Gasteiger partial charge in [-0.15, -0.1) is 0 Å². The second kappa shape index (κ2) is 7.45. The second-order valence-corrected chi connectivity index (χ2v) is 6.18. The summed E-state index contributed by atoms with van der Waals surface area (Å²) in [5.74, 6) is -0.555. The molecule has 0 N–H and O–H groups in total. The Morgan fingerprint density at radius 3 is 2.46 bits per heavy atom. The van der Waals surface area contributed by atoms with Gasteiger partial charge in [0.15, 0.2) is 5.69 Å². The maximum atomic E-state index is 13.2. The van der Waals surface area contributed by atoms with Gasteiger partial charge in [-0.2, -0.15) is 18.3 Å². The number of aromatic nitrogens is 2. The number of hydrogen-bond donors (Lipinski definition) is 0. The highest BCUT2D eigenvalue weighted by atomic mass is 19.4. The highest BCUT2D eigenvalue weighted by molar-refractivity contribution is 5.76. The molecule has 2 heterocycles. The van der Waals surface area contributed by atoms with Gasteiger partial charge in [0.1, 0.15) is 12.4 Å². The summed E-state index contributed by atoms with van der Waals surface area (Å²) in [5, 5.41) is 3.39. The molecule has 0 spiro atoms. The van der Waals surface area contributed by atoms with E-state index in [0.29, 0.717) is 32.7 Å². The Labute approximate surface area is 147 Å². The van der Waals surface area contributed by atoms with Gasteiger partial charge >= 0.3 is 6.18 Å². The fourth-order valence-corrected chi connectivity index (χ4v) is 2.89. The molecule has 1 aliphatic heterocycles. The topological polar surface area (TPSA) is 41.4 Å².